The number of nitrogens with zero attached hydrogens (tertiary/aromatic N) is 1. The lowest BCUT2D eigenvalue weighted by Crippen LogP contribution is -1.99. The highest BCUT2D eigenvalue weighted by atomic mass is 35.5. The first kappa shape index (κ1) is 12.4. The number of aromatic nitrogens is 1. The maximum atomic E-state index is 11.1. The molecule has 0 aliphatic heterocycles. The molecule has 0 unspecified atom stereocenters. The van der Waals surface area contributed by atoms with Gasteiger partial charge in [-0.05, 0) is 19.1 Å². The summed E-state index contributed by atoms with van der Waals surface area (Å²) in [6.45, 7) is 1.74. The maximum Gasteiger partial charge on any atom is 0.356 e. The Morgan fingerprint density at radius 3 is 2.47 bits per heavy atom. The van der Waals surface area contributed by atoms with Crippen molar-refractivity contribution in [3.63, 3.8) is 0 Å². The van der Waals surface area contributed by atoms with Crippen molar-refractivity contribution in [1.29, 1.82) is 0 Å². The summed E-state index contributed by atoms with van der Waals surface area (Å²) < 4.78 is 0. The van der Waals surface area contributed by atoms with Gasteiger partial charge in [-0.3, -0.25) is 0 Å². The third kappa shape index (κ3) is 2.29. The number of halogens is 2. The summed E-state index contributed by atoms with van der Waals surface area (Å²) in [5.74, 6) is -1.08. The number of rotatable bonds is 2. The first-order valence-electron chi connectivity index (χ1n) is 4.66. The Morgan fingerprint density at radius 1 is 1.35 bits per heavy atom. The Hall–Kier alpha value is -1.10. The highest BCUT2D eigenvalue weighted by Gasteiger charge is 2.21. The number of carboxylic acids is 1. The first-order valence-corrected chi connectivity index (χ1v) is 6.23. The third-order valence-corrected chi connectivity index (χ3v) is 3.74. The second-order valence-electron chi connectivity index (χ2n) is 3.31. The Kier molecular flexibility index (Phi) is 3.38. The second kappa shape index (κ2) is 4.64. The standard InChI is InChI=1S/C11H7Cl2NO2S/c1-5-14-9(11(15)16)10(17-5)8-6(12)3-2-4-7(8)13/h2-4H,1H3,(H,15,16). The number of benzene rings is 1. The monoisotopic (exact) mass is 287 g/mol. The number of thiazole rings is 1. The molecule has 1 heterocycles. The summed E-state index contributed by atoms with van der Waals surface area (Å²) in [4.78, 5) is 15.6. The van der Waals surface area contributed by atoms with Gasteiger partial charge < -0.3 is 5.11 Å². The van der Waals surface area contributed by atoms with Gasteiger partial charge >= 0.3 is 5.97 Å². The molecule has 17 heavy (non-hydrogen) atoms. The van der Waals surface area contributed by atoms with Crippen LogP contribution in [0.25, 0.3) is 10.4 Å². The molecular formula is C11H7Cl2NO2S. The van der Waals surface area contributed by atoms with Crippen LogP contribution in [0.15, 0.2) is 18.2 Å². The highest BCUT2D eigenvalue weighted by molar-refractivity contribution is 7.15. The van der Waals surface area contributed by atoms with E-state index in [9.17, 15) is 4.79 Å². The van der Waals surface area contributed by atoms with Crippen LogP contribution in [0.1, 0.15) is 15.5 Å². The van der Waals surface area contributed by atoms with Crippen molar-refractivity contribution in [2.45, 2.75) is 6.92 Å². The minimum atomic E-state index is -1.08. The quantitative estimate of drug-likeness (QED) is 0.904. The van der Waals surface area contributed by atoms with Gasteiger partial charge in [-0.25, -0.2) is 9.78 Å². The van der Waals surface area contributed by atoms with Crippen LogP contribution in [0.3, 0.4) is 0 Å². The smallest absolute Gasteiger partial charge is 0.356 e. The lowest BCUT2D eigenvalue weighted by atomic mass is 10.1. The lowest BCUT2D eigenvalue weighted by molar-refractivity contribution is 0.0692. The molecule has 1 aromatic carbocycles. The van der Waals surface area contributed by atoms with Gasteiger partial charge in [-0.1, -0.05) is 29.3 Å². The molecule has 1 aromatic heterocycles. The Morgan fingerprint density at radius 2 is 1.94 bits per heavy atom. The topological polar surface area (TPSA) is 50.2 Å². The zero-order valence-electron chi connectivity index (χ0n) is 8.70. The van der Waals surface area contributed by atoms with Crippen LogP contribution in [-0.4, -0.2) is 16.1 Å². The number of carbonyl (C=O) groups is 1. The second-order valence-corrected chi connectivity index (χ2v) is 5.33. The number of hydrogen-bond acceptors (Lipinski definition) is 3. The van der Waals surface area contributed by atoms with Crippen LogP contribution in [0.4, 0.5) is 0 Å². The molecule has 1 N–H and O–H groups in total. The van der Waals surface area contributed by atoms with E-state index in [1.54, 1.807) is 25.1 Å². The van der Waals surface area contributed by atoms with E-state index in [0.29, 0.717) is 25.5 Å². The molecule has 0 spiro atoms. The van der Waals surface area contributed by atoms with E-state index in [1.807, 2.05) is 0 Å². The minimum Gasteiger partial charge on any atom is -0.476 e. The summed E-state index contributed by atoms with van der Waals surface area (Å²) in [7, 11) is 0. The van der Waals surface area contributed by atoms with Crippen LogP contribution in [-0.2, 0) is 0 Å². The normalized spacial score (nSPS) is 10.5. The van der Waals surface area contributed by atoms with Crippen molar-refractivity contribution in [1.82, 2.24) is 4.98 Å². The SMILES string of the molecule is Cc1nc(C(=O)O)c(-c2c(Cl)cccc2Cl)s1. The van der Waals surface area contributed by atoms with Crippen LogP contribution >= 0.6 is 34.5 Å². The molecule has 0 saturated carbocycles. The van der Waals surface area contributed by atoms with Crippen molar-refractivity contribution in [2.75, 3.05) is 0 Å². The van der Waals surface area contributed by atoms with E-state index >= 15 is 0 Å². The van der Waals surface area contributed by atoms with Crippen molar-refractivity contribution < 1.29 is 9.90 Å². The van der Waals surface area contributed by atoms with E-state index < -0.39 is 5.97 Å². The van der Waals surface area contributed by atoms with Crippen molar-refractivity contribution >= 4 is 40.5 Å². The summed E-state index contributed by atoms with van der Waals surface area (Å²) >= 11 is 13.4. The van der Waals surface area contributed by atoms with Gasteiger partial charge in [-0.15, -0.1) is 11.3 Å². The first-order chi connectivity index (χ1) is 8.00. The molecule has 88 valence electrons. The van der Waals surface area contributed by atoms with Crippen LogP contribution in [0.2, 0.25) is 10.0 Å². The van der Waals surface area contributed by atoms with E-state index in [0.717, 1.165) is 0 Å². The van der Waals surface area contributed by atoms with Crippen LogP contribution < -0.4 is 0 Å². The van der Waals surface area contributed by atoms with E-state index in [1.165, 1.54) is 11.3 Å². The van der Waals surface area contributed by atoms with E-state index in [4.69, 9.17) is 28.3 Å². The van der Waals surface area contributed by atoms with Crippen molar-refractivity contribution in [3.8, 4) is 10.4 Å². The molecular weight excluding hydrogens is 281 g/mol. The number of carboxylic acid groups (broad SMARTS) is 1. The average Bonchev–Trinajstić information content (AvgIpc) is 2.60. The molecule has 0 fully saturated rings. The largest absolute Gasteiger partial charge is 0.476 e. The molecule has 0 radical (unpaired) electrons. The van der Waals surface area contributed by atoms with Gasteiger partial charge in [0, 0.05) is 5.56 Å². The summed E-state index contributed by atoms with van der Waals surface area (Å²) in [6, 6.07) is 5.05. The van der Waals surface area contributed by atoms with Gasteiger partial charge in [0.05, 0.1) is 19.9 Å². The fourth-order valence-electron chi connectivity index (χ4n) is 1.46. The molecule has 0 bridgehead atoms. The fourth-order valence-corrected chi connectivity index (χ4v) is 3.14. The van der Waals surface area contributed by atoms with Gasteiger partial charge in [-0.2, -0.15) is 0 Å². The van der Waals surface area contributed by atoms with Gasteiger partial charge in [0.1, 0.15) is 0 Å². The third-order valence-electron chi connectivity index (χ3n) is 2.13. The van der Waals surface area contributed by atoms with Gasteiger partial charge in [0.25, 0.3) is 0 Å². The number of aromatic carboxylic acids is 1. The number of hydrogen-bond donors (Lipinski definition) is 1. The van der Waals surface area contributed by atoms with Gasteiger partial charge in [0.15, 0.2) is 5.69 Å². The molecule has 2 aromatic rings. The molecule has 3 nitrogen and oxygen atoms in total. The molecule has 6 heteroatoms. The zero-order chi connectivity index (χ0) is 12.6. The Bertz CT molecular complexity index is 575. The fraction of sp³-hybridized carbons (Fsp3) is 0.0909. The lowest BCUT2D eigenvalue weighted by Gasteiger charge is -2.04. The zero-order valence-corrected chi connectivity index (χ0v) is 11.0. The maximum absolute atomic E-state index is 11.1. The number of aryl methyl sites for hydroxylation is 1. The van der Waals surface area contributed by atoms with Crippen LogP contribution in [0.5, 0.6) is 0 Å². The minimum absolute atomic E-state index is 0.0116. The Labute approximate surface area is 112 Å². The average molecular weight is 288 g/mol. The summed E-state index contributed by atoms with van der Waals surface area (Å²) in [6.07, 6.45) is 0. The van der Waals surface area contributed by atoms with Crippen LogP contribution in [0, 0.1) is 6.92 Å². The predicted molar refractivity (Wildman–Crippen MR) is 69.3 cm³/mol. The molecule has 0 aliphatic rings. The highest BCUT2D eigenvalue weighted by Crippen LogP contribution is 2.39. The van der Waals surface area contributed by atoms with Crippen molar-refractivity contribution in [3.05, 3.63) is 38.9 Å². The van der Waals surface area contributed by atoms with E-state index in [-0.39, 0.29) is 5.69 Å². The van der Waals surface area contributed by atoms with E-state index in [2.05, 4.69) is 4.98 Å². The summed E-state index contributed by atoms with van der Waals surface area (Å²) in [5, 5.41) is 10.6. The van der Waals surface area contributed by atoms with Gasteiger partial charge in [0.2, 0.25) is 0 Å². The molecule has 0 aliphatic carbocycles. The molecule has 0 atom stereocenters. The summed E-state index contributed by atoms with van der Waals surface area (Å²) in [5.41, 5.74) is 0.515. The Balaban J connectivity index is 2.72. The molecule has 2 rings (SSSR count). The predicted octanol–water partition coefficient (Wildman–Crippen LogP) is 4.12. The van der Waals surface area contributed by atoms with Crippen molar-refractivity contribution in [2.24, 2.45) is 0 Å². The molecule has 0 amide bonds. The molecule has 0 saturated heterocycles.